The molecule has 0 bridgehead atoms. The number of rotatable bonds is 6. The number of aliphatic hydroxyl groups excluding tert-OH is 1. The highest BCUT2D eigenvalue weighted by molar-refractivity contribution is 5.54. The highest BCUT2D eigenvalue weighted by atomic mass is 16.3. The molecule has 100 valence electrons. The molecule has 0 fully saturated rings. The van der Waals surface area contributed by atoms with E-state index in [1.54, 1.807) is 0 Å². The third-order valence-corrected chi connectivity index (χ3v) is 3.17. The monoisotopic (exact) mass is 256 g/mol. The fourth-order valence-electron chi connectivity index (χ4n) is 1.97. The van der Waals surface area contributed by atoms with Crippen LogP contribution in [-0.2, 0) is 13.0 Å². The van der Waals surface area contributed by atoms with Crippen LogP contribution in [0.4, 0.5) is 0 Å². The lowest BCUT2D eigenvalue weighted by Crippen LogP contribution is -1.93. The molecule has 3 nitrogen and oxygen atoms in total. The van der Waals surface area contributed by atoms with Crippen molar-refractivity contribution in [1.82, 2.24) is 9.97 Å². The normalized spacial score (nSPS) is 10.6. The van der Waals surface area contributed by atoms with Crippen LogP contribution in [0.25, 0.3) is 11.4 Å². The molecule has 0 aliphatic carbocycles. The van der Waals surface area contributed by atoms with Gasteiger partial charge in [0.05, 0.1) is 6.61 Å². The summed E-state index contributed by atoms with van der Waals surface area (Å²) in [7, 11) is 0. The quantitative estimate of drug-likeness (QED) is 0.806. The summed E-state index contributed by atoms with van der Waals surface area (Å²) in [5.41, 5.74) is 3.08. The minimum atomic E-state index is 0.0670. The summed E-state index contributed by atoms with van der Waals surface area (Å²) in [6.45, 7) is 2.27. The van der Waals surface area contributed by atoms with Crippen LogP contribution in [0.1, 0.15) is 37.3 Å². The number of aromatic nitrogens is 2. The van der Waals surface area contributed by atoms with Crippen LogP contribution in [0.5, 0.6) is 0 Å². The molecule has 0 aliphatic heterocycles. The van der Waals surface area contributed by atoms with Gasteiger partial charge < -0.3 is 5.11 Å². The van der Waals surface area contributed by atoms with Crippen molar-refractivity contribution in [3.63, 3.8) is 0 Å². The molecule has 19 heavy (non-hydrogen) atoms. The first-order valence-electron chi connectivity index (χ1n) is 6.84. The van der Waals surface area contributed by atoms with E-state index in [1.807, 2.05) is 36.7 Å². The van der Waals surface area contributed by atoms with Crippen molar-refractivity contribution in [2.45, 2.75) is 39.2 Å². The van der Waals surface area contributed by atoms with E-state index in [0.29, 0.717) is 0 Å². The fourth-order valence-corrected chi connectivity index (χ4v) is 1.97. The van der Waals surface area contributed by atoms with E-state index in [0.717, 1.165) is 23.4 Å². The van der Waals surface area contributed by atoms with Crippen LogP contribution in [0.3, 0.4) is 0 Å². The third-order valence-electron chi connectivity index (χ3n) is 3.17. The minimum absolute atomic E-state index is 0.0670. The lowest BCUT2D eigenvalue weighted by molar-refractivity contribution is 0.282. The first kappa shape index (κ1) is 13.7. The van der Waals surface area contributed by atoms with Crippen LogP contribution < -0.4 is 0 Å². The van der Waals surface area contributed by atoms with Crippen molar-refractivity contribution in [3.05, 3.63) is 47.8 Å². The topological polar surface area (TPSA) is 46.0 Å². The number of aliphatic hydroxyl groups is 1. The van der Waals surface area contributed by atoms with E-state index in [4.69, 9.17) is 5.11 Å². The standard InChI is InChI=1S/C16H20N2O/c1-2-3-4-5-14-10-17-16(18-11-14)15-8-6-13(12-19)7-9-15/h6-11,19H,2-5,12H2,1H3. The number of hydrogen-bond acceptors (Lipinski definition) is 3. The summed E-state index contributed by atoms with van der Waals surface area (Å²) >= 11 is 0. The largest absolute Gasteiger partial charge is 0.392 e. The molecule has 3 heteroatoms. The molecule has 0 aliphatic rings. The van der Waals surface area contributed by atoms with Gasteiger partial charge in [-0.25, -0.2) is 9.97 Å². The molecule has 2 rings (SSSR count). The number of nitrogens with zero attached hydrogens (tertiary/aromatic N) is 2. The Hall–Kier alpha value is -1.74. The van der Waals surface area contributed by atoms with Gasteiger partial charge in [0, 0.05) is 18.0 Å². The number of hydrogen-bond donors (Lipinski definition) is 1. The predicted octanol–water partition coefficient (Wildman–Crippen LogP) is 3.37. The molecule has 0 unspecified atom stereocenters. The second kappa shape index (κ2) is 7.00. The summed E-state index contributed by atoms with van der Waals surface area (Å²) < 4.78 is 0. The maximum atomic E-state index is 9.01. The Balaban J connectivity index is 2.04. The number of unbranched alkanes of at least 4 members (excludes halogenated alkanes) is 2. The van der Waals surface area contributed by atoms with Gasteiger partial charge in [0.15, 0.2) is 5.82 Å². The first-order chi connectivity index (χ1) is 9.33. The molecule has 2 aromatic rings. The molecule has 1 aromatic heterocycles. The second-order valence-electron chi connectivity index (χ2n) is 4.73. The molecule has 1 aromatic carbocycles. The molecule has 1 N–H and O–H groups in total. The Morgan fingerprint density at radius 2 is 1.63 bits per heavy atom. The Labute approximate surface area is 114 Å². The van der Waals surface area contributed by atoms with Crippen molar-refractivity contribution in [2.24, 2.45) is 0 Å². The van der Waals surface area contributed by atoms with E-state index in [9.17, 15) is 0 Å². The van der Waals surface area contributed by atoms with Crippen molar-refractivity contribution in [1.29, 1.82) is 0 Å². The lowest BCUT2D eigenvalue weighted by Gasteiger charge is -2.03. The Morgan fingerprint density at radius 3 is 2.21 bits per heavy atom. The summed E-state index contributed by atoms with van der Waals surface area (Å²) in [5.74, 6) is 0.740. The van der Waals surface area contributed by atoms with Crippen LogP contribution in [-0.4, -0.2) is 15.1 Å². The van der Waals surface area contributed by atoms with E-state index in [1.165, 1.54) is 24.8 Å². The zero-order valence-corrected chi connectivity index (χ0v) is 11.3. The zero-order chi connectivity index (χ0) is 13.5. The van der Waals surface area contributed by atoms with Crippen LogP contribution in [0.2, 0.25) is 0 Å². The van der Waals surface area contributed by atoms with E-state index >= 15 is 0 Å². The van der Waals surface area contributed by atoms with Gasteiger partial charge in [0.1, 0.15) is 0 Å². The molecule has 0 saturated heterocycles. The van der Waals surface area contributed by atoms with Gasteiger partial charge in [0.2, 0.25) is 0 Å². The van der Waals surface area contributed by atoms with E-state index in [-0.39, 0.29) is 6.61 Å². The Kier molecular flexibility index (Phi) is 5.04. The molecule has 0 saturated carbocycles. The van der Waals surface area contributed by atoms with Gasteiger partial charge in [-0.1, -0.05) is 44.0 Å². The van der Waals surface area contributed by atoms with E-state index in [2.05, 4.69) is 16.9 Å². The number of benzene rings is 1. The highest BCUT2D eigenvalue weighted by Crippen LogP contribution is 2.16. The van der Waals surface area contributed by atoms with Crippen LogP contribution in [0, 0.1) is 0 Å². The van der Waals surface area contributed by atoms with Crippen LogP contribution >= 0.6 is 0 Å². The third kappa shape index (κ3) is 3.86. The molecule has 0 amide bonds. The van der Waals surface area contributed by atoms with Gasteiger partial charge in [-0.3, -0.25) is 0 Å². The van der Waals surface area contributed by atoms with E-state index < -0.39 is 0 Å². The summed E-state index contributed by atoms with van der Waals surface area (Å²) in [6, 6.07) is 7.68. The van der Waals surface area contributed by atoms with Gasteiger partial charge in [-0.2, -0.15) is 0 Å². The van der Waals surface area contributed by atoms with Crippen molar-refractivity contribution in [3.8, 4) is 11.4 Å². The molecule has 0 spiro atoms. The Morgan fingerprint density at radius 1 is 0.947 bits per heavy atom. The lowest BCUT2D eigenvalue weighted by atomic mass is 10.1. The van der Waals surface area contributed by atoms with Crippen LogP contribution in [0.15, 0.2) is 36.7 Å². The molecular weight excluding hydrogens is 236 g/mol. The van der Waals surface area contributed by atoms with Crippen molar-refractivity contribution < 1.29 is 5.11 Å². The van der Waals surface area contributed by atoms with Gasteiger partial charge >= 0.3 is 0 Å². The van der Waals surface area contributed by atoms with Crippen molar-refractivity contribution in [2.75, 3.05) is 0 Å². The average Bonchev–Trinajstić information content (AvgIpc) is 2.48. The smallest absolute Gasteiger partial charge is 0.159 e. The summed E-state index contributed by atoms with van der Waals surface area (Å²) in [5, 5.41) is 9.01. The molecule has 0 atom stereocenters. The maximum absolute atomic E-state index is 9.01. The summed E-state index contributed by atoms with van der Waals surface area (Å²) in [4.78, 5) is 8.82. The molecular formula is C16H20N2O. The van der Waals surface area contributed by atoms with Crippen molar-refractivity contribution >= 4 is 0 Å². The average molecular weight is 256 g/mol. The predicted molar refractivity (Wildman–Crippen MR) is 76.6 cm³/mol. The molecule has 0 radical (unpaired) electrons. The molecule has 1 heterocycles. The second-order valence-corrected chi connectivity index (χ2v) is 4.73. The zero-order valence-electron chi connectivity index (χ0n) is 11.3. The highest BCUT2D eigenvalue weighted by Gasteiger charge is 2.01. The fraction of sp³-hybridized carbons (Fsp3) is 0.375. The summed E-state index contributed by atoms with van der Waals surface area (Å²) in [6.07, 6.45) is 8.57. The minimum Gasteiger partial charge on any atom is -0.392 e. The number of aryl methyl sites for hydroxylation is 1. The SMILES string of the molecule is CCCCCc1cnc(-c2ccc(CO)cc2)nc1. The maximum Gasteiger partial charge on any atom is 0.159 e. The van der Waals surface area contributed by atoms with Gasteiger partial charge in [-0.15, -0.1) is 0 Å². The van der Waals surface area contributed by atoms with Gasteiger partial charge in [-0.05, 0) is 24.0 Å². The van der Waals surface area contributed by atoms with Gasteiger partial charge in [0.25, 0.3) is 0 Å². The Bertz CT molecular complexity index is 491. The first-order valence-corrected chi connectivity index (χ1v) is 6.84.